The normalized spacial score (nSPS) is 27.6. The maximum atomic E-state index is 10.6. The third-order valence-electron chi connectivity index (χ3n) is 5.16. The molecule has 0 amide bonds. The molecule has 2 aromatic carbocycles. The molecule has 1 heterocycles. The highest BCUT2D eigenvalue weighted by molar-refractivity contribution is 5.79. The van der Waals surface area contributed by atoms with Gasteiger partial charge in [-0.15, -0.1) is 0 Å². The fourth-order valence-electron chi connectivity index (χ4n) is 3.80. The first-order valence-corrected chi connectivity index (χ1v) is 9.05. The number of amidine groups is 1. The highest BCUT2D eigenvalue weighted by atomic mass is 16.6. The fourth-order valence-corrected chi connectivity index (χ4v) is 3.80. The largest absolute Gasteiger partial charge is 0.454 e. The van der Waals surface area contributed by atoms with Crippen LogP contribution in [-0.4, -0.2) is 34.3 Å². The first-order chi connectivity index (χ1) is 12.3. The standard InChI is InChI=1S/C21H24N2O2/c24-19-13-7-8-14-21(19)16-23(15-17-9-3-1-4-10-17)20(25-21)22-18-11-5-2-6-12-18/h1-6,9-12,19,24H,7-8,13-16H2/t19-,21+/m0/s1. The van der Waals surface area contributed by atoms with Crippen molar-refractivity contribution >= 4 is 11.7 Å². The van der Waals surface area contributed by atoms with Gasteiger partial charge in [0.05, 0.1) is 18.3 Å². The van der Waals surface area contributed by atoms with Crippen LogP contribution in [0.2, 0.25) is 0 Å². The van der Waals surface area contributed by atoms with E-state index in [9.17, 15) is 5.11 Å². The third-order valence-corrected chi connectivity index (χ3v) is 5.16. The molecule has 4 rings (SSSR count). The highest BCUT2D eigenvalue weighted by Gasteiger charge is 2.50. The van der Waals surface area contributed by atoms with Crippen LogP contribution in [0.3, 0.4) is 0 Å². The second-order valence-corrected chi connectivity index (χ2v) is 7.00. The SMILES string of the molecule is O[C@H]1CCCC[C@@]12CN(Cc1ccccc1)C(=Nc1ccccc1)O2. The summed E-state index contributed by atoms with van der Waals surface area (Å²) in [6.07, 6.45) is 3.42. The molecule has 2 aromatic rings. The Bertz CT molecular complexity index is 732. The topological polar surface area (TPSA) is 45.1 Å². The van der Waals surface area contributed by atoms with Gasteiger partial charge in [0.1, 0.15) is 0 Å². The van der Waals surface area contributed by atoms with E-state index < -0.39 is 11.7 Å². The zero-order valence-corrected chi connectivity index (χ0v) is 14.3. The second kappa shape index (κ2) is 6.89. The van der Waals surface area contributed by atoms with Gasteiger partial charge in [-0.3, -0.25) is 0 Å². The zero-order chi connectivity index (χ0) is 17.1. The number of aliphatic hydroxyl groups excluding tert-OH is 1. The lowest BCUT2D eigenvalue weighted by molar-refractivity contribution is -0.0694. The number of hydrogen-bond donors (Lipinski definition) is 1. The minimum absolute atomic E-state index is 0.428. The Morgan fingerprint density at radius 3 is 2.48 bits per heavy atom. The van der Waals surface area contributed by atoms with Crippen LogP contribution < -0.4 is 0 Å². The summed E-state index contributed by atoms with van der Waals surface area (Å²) >= 11 is 0. The first kappa shape index (κ1) is 16.2. The fraction of sp³-hybridized carbons (Fsp3) is 0.381. The highest BCUT2D eigenvalue weighted by Crippen LogP contribution is 2.38. The lowest BCUT2D eigenvalue weighted by atomic mass is 9.82. The number of hydrogen-bond acceptors (Lipinski definition) is 3. The molecule has 0 aromatic heterocycles. The predicted octanol–water partition coefficient (Wildman–Crippen LogP) is 3.88. The van der Waals surface area contributed by atoms with E-state index in [0.717, 1.165) is 37.9 Å². The van der Waals surface area contributed by atoms with Gasteiger partial charge < -0.3 is 14.7 Å². The van der Waals surface area contributed by atoms with Gasteiger partial charge in [0.15, 0.2) is 5.60 Å². The maximum Gasteiger partial charge on any atom is 0.293 e. The van der Waals surface area contributed by atoms with Crippen LogP contribution >= 0.6 is 0 Å². The molecular formula is C21H24N2O2. The van der Waals surface area contributed by atoms with Crippen LogP contribution in [0.1, 0.15) is 31.2 Å². The summed E-state index contributed by atoms with van der Waals surface area (Å²) in [6, 6.07) is 20.8. The van der Waals surface area contributed by atoms with E-state index in [2.05, 4.69) is 17.0 Å². The van der Waals surface area contributed by atoms with Crippen molar-refractivity contribution in [2.24, 2.45) is 4.99 Å². The van der Waals surface area contributed by atoms with E-state index in [1.54, 1.807) is 0 Å². The number of aliphatic imine (C=N–C) groups is 1. The van der Waals surface area contributed by atoms with Gasteiger partial charge in [-0.2, -0.15) is 4.99 Å². The summed E-state index contributed by atoms with van der Waals surface area (Å²) in [5.41, 5.74) is 1.58. The van der Waals surface area contributed by atoms with E-state index in [1.165, 1.54) is 5.56 Å². The van der Waals surface area contributed by atoms with Gasteiger partial charge in [0.2, 0.25) is 0 Å². The molecule has 1 N–H and O–H groups in total. The first-order valence-electron chi connectivity index (χ1n) is 9.05. The van der Waals surface area contributed by atoms with E-state index >= 15 is 0 Å². The summed E-state index contributed by atoms with van der Waals surface area (Å²) in [5, 5.41) is 10.6. The molecule has 1 aliphatic heterocycles. The number of aliphatic hydroxyl groups is 1. The van der Waals surface area contributed by atoms with Gasteiger partial charge >= 0.3 is 0 Å². The molecule has 4 nitrogen and oxygen atoms in total. The average molecular weight is 336 g/mol. The number of rotatable bonds is 3. The van der Waals surface area contributed by atoms with Gasteiger partial charge in [-0.25, -0.2) is 0 Å². The van der Waals surface area contributed by atoms with Crippen molar-refractivity contribution in [2.45, 2.75) is 43.9 Å². The summed E-state index contributed by atoms with van der Waals surface area (Å²) < 4.78 is 6.32. The van der Waals surface area contributed by atoms with Crippen LogP contribution in [0.15, 0.2) is 65.7 Å². The van der Waals surface area contributed by atoms with E-state index in [-0.39, 0.29) is 0 Å². The molecule has 0 radical (unpaired) electrons. The molecule has 2 aliphatic rings. The summed E-state index contributed by atoms with van der Waals surface area (Å²) in [4.78, 5) is 6.89. The van der Waals surface area contributed by atoms with E-state index in [1.807, 2.05) is 48.5 Å². The predicted molar refractivity (Wildman–Crippen MR) is 98.7 cm³/mol. The smallest absolute Gasteiger partial charge is 0.293 e. The van der Waals surface area contributed by atoms with Crippen molar-refractivity contribution in [1.29, 1.82) is 0 Å². The van der Waals surface area contributed by atoms with Crippen molar-refractivity contribution < 1.29 is 9.84 Å². The molecule has 4 heteroatoms. The monoisotopic (exact) mass is 336 g/mol. The molecule has 1 aliphatic carbocycles. The average Bonchev–Trinajstić information content (AvgIpc) is 2.97. The Balaban J connectivity index is 1.64. The van der Waals surface area contributed by atoms with Crippen LogP contribution in [0.5, 0.6) is 0 Å². The molecular weight excluding hydrogens is 312 g/mol. The zero-order valence-electron chi connectivity index (χ0n) is 14.3. The molecule has 130 valence electrons. The summed E-state index contributed by atoms with van der Waals surface area (Å²) in [7, 11) is 0. The minimum atomic E-state index is -0.513. The third kappa shape index (κ3) is 3.40. The van der Waals surface area contributed by atoms with Crippen LogP contribution in [-0.2, 0) is 11.3 Å². The summed E-state index contributed by atoms with van der Waals surface area (Å²) in [6.45, 7) is 1.43. The second-order valence-electron chi connectivity index (χ2n) is 7.00. The van der Waals surface area contributed by atoms with Gasteiger partial charge in [0, 0.05) is 6.54 Å². The Hall–Kier alpha value is -2.33. The number of para-hydroxylation sites is 1. The Labute approximate surface area is 148 Å². The van der Waals surface area contributed by atoms with Gasteiger partial charge in [-0.1, -0.05) is 55.0 Å². The maximum absolute atomic E-state index is 10.6. The Kier molecular flexibility index (Phi) is 4.45. The number of ether oxygens (including phenoxy) is 1. The molecule has 1 saturated carbocycles. The van der Waals surface area contributed by atoms with Crippen molar-refractivity contribution in [3.63, 3.8) is 0 Å². The molecule has 0 unspecified atom stereocenters. The summed E-state index contributed by atoms with van der Waals surface area (Å²) in [5.74, 6) is 0. The molecule has 2 atom stereocenters. The van der Waals surface area contributed by atoms with Gasteiger partial charge in [0.25, 0.3) is 6.02 Å². The van der Waals surface area contributed by atoms with E-state index in [4.69, 9.17) is 9.73 Å². The van der Waals surface area contributed by atoms with E-state index in [0.29, 0.717) is 12.6 Å². The van der Waals surface area contributed by atoms with Crippen molar-refractivity contribution in [3.8, 4) is 0 Å². The van der Waals surface area contributed by atoms with Crippen LogP contribution in [0.25, 0.3) is 0 Å². The minimum Gasteiger partial charge on any atom is -0.454 e. The lowest BCUT2D eigenvalue weighted by Gasteiger charge is -2.36. The van der Waals surface area contributed by atoms with Crippen molar-refractivity contribution in [3.05, 3.63) is 66.2 Å². The number of benzene rings is 2. The van der Waals surface area contributed by atoms with Crippen LogP contribution in [0, 0.1) is 0 Å². The molecule has 1 spiro atoms. The molecule has 0 bridgehead atoms. The molecule has 25 heavy (non-hydrogen) atoms. The number of nitrogens with zero attached hydrogens (tertiary/aromatic N) is 2. The molecule has 1 saturated heterocycles. The van der Waals surface area contributed by atoms with Gasteiger partial charge in [-0.05, 0) is 37.0 Å². The Morgan fingerprint density at radius 2 is 1.76 bits per heavy atom. The van der Waals surface area contributed by atoms with Crippen molar-refractivity contribution in [2.75, 3.05) is 6.54 Å². The Morgan fingerprint density at radius 1 is 1.04 bits per heavy atom. The quantitative estimate of drug-likeness (QED) is 0.925. The van der Waals surface area contributed by atoms with Crippen molar-refractivity contribution in [1.82, 2.24) is 4.90 Å². The molecule has 2 fully saturated rings. The van der Waals surface area contributed by atoms with Crippen LogP contribution in [0.4, 0.5) is 5.69 Å². The lowest BCUT2D eigenvalue weighted by Crippen LogP contribution is -2.48.